The SMILES string of the molecule is Cc1cccc(NC(=O)CCCN2CCCNCC2)c1. The fraction of sp³-hybridized carbons (Fsp3) is 0.562. The Bertz CT molecular complexity index is 425. The Kier molecular flexibility index (Phi) is 6.02. The Morgan fingerprint density at radius 2 is 2.25 bits per heavy atom. The highest BCUT2D eigenvalue weighted by atomic mass is 16.1. The average Bonchev–Trinajstić information content (AvgIpc) is 2.67. The summed E-state index contributed by atoms with van der Waals surface area (Å²) in [6, 6.07) is 7.93. The number of hydrogen-bond acceptors (Lipinski definition) is 3. The maximum atomic E-state index is 11.9. The molecule has 2 rings (SSSR count). The lowest BCUT2D eigenvalue weighted by Gasteiger charge is -2.18. The van der Waals surface area contributed by atoms with E-state index in [0.29, 0.717) is 6.42 Å². The van der Waals surface area contributed by atoms with Crippen molar-refractivity contribution in [2.24, 2.45) is 0 Å². The molecule has 1 fully saturated rings. The van der Waals surface area contributed by atoms with Crippen molar-refractivity contribution in [1.82, 2.24) is 10.2 Å². The van der Waals surface area contributed by atoms with E-state index in [1.807, 2.05) is 31.2 Å². The van der Waals surface area contributed by atoms with E-state index in [1.54, 1.807) is 0 Å². The number of aryl methyl sites for hydroxylation is 1. The third kappa shape index (κ3) is 5.31. The van der Waals surface area contributed by atoms with Crippen LogP contribution in [0.4, 0.5) is 5.69 Å². The molecule has 1 saturated heterocycles. The van der Waals surface area contributed by atoms with Gasteiger partial charge in [-0.1, -0.05) is 12.1 Å². The minimum absolute atomic E-state index is 0.114. The van der Waals surface area contributed by atoms with E-state index in [-0.39, 0.29) is 5.91 Å². The zero-order chi connectivity index (χ0) is 14.2. The van der Waals surface area contributed by atoms with Crippen LogP contribution in [0.25, 0.3) is 0 Å². The summed E-state index contributed by atoms with van der Waals surface area (Å²) >= 11 is 0. The second-order valence-corrected chi connectivity index (χ2v) is 5.47. The summed E-state index contributed by atoms with van der Waals surface area (Å²) in [5, 5.41) is 6.36. The summed E-state index contributed by atoms with van der Waals surface area (Å²) in [6.07, 6.45) is 2.73. The number of rotatable bonds is 5. The van der Waals surface area contributed by atoms with E-state index < -0.39 is 0 Å². The summed E-state index contributed by atoms with van der Waals surface area (Å²) in [4.78, 5) is 14.3. The molecule has 0 spiro atoms. The van der Waals surface area contributed by atoms with Crippen LogP contribution in [0.1, 0.15) is 24.8 Å². The molecule has 1 aliphatic heterocycles. The van der Waals surface area contributed by atoms with Crippen molar-refractivity contribution in [2.75, 3.05) is 38.0 Å². The molecule has 0 radical (unpaired) electrons. The molecule has 1 heterocycles. The second-order valence-electron chi connectivity index (χ2n) is 5.47. The van der Waals surface area contributed by atoms with Crippen molar-refractivity contribution in [2.45, 2.75) is 26.2 Å². The standard InChI is InChI=1S/C16H25N3O/c1-14-5-2-6-15(13-14)18-16(20)7-3-10-19-11-4-8-17-9-12-19/h2,5-6,13,17H,3-4,7-12H2,1H3,(H,18,20). The molecule has 0 aromatic heterocycles. The highest BCUT2D eigenvalue weighted by Crippen LogP contribution is 2.10. The number of anilines is 1. The number of carbonyl (C=O) groups excluding carboxylic acids is 1. The van der Waals surface area contributed by atoms with Gasteiger partial charge in [-0.3, -0.25) is 4.79 Å². The van der Waals surface area contributed by atoms with Gasteiger partial charge in [0.2, 0.25) is 5.91 Å². The van der Waals surface area contributed by atoms with Crippen molar-refractivity contribution >= 4 is 11.6 Å². The molecule has 20 heavy (non-hydrogen) atoms. The maximum absolute atomic E-state index is 11.9. The van der Waals surface area contributed by atoms with Crippen LogP contribution in [0.5, 0.6) is 0 Å². The first-order valence-corrected chi connectivity index (χ1v) is 7.53. The topological polar surface area (TPSA) is 44.4 Å². The van der Waals surface area contributed by atoms with Gasteiger partial charge in [-0.25, -0.2) is 0 Å². The van der Waals surface area contributed by atoms with Crippen LogP contribution in [0.15, 0.2) is 24.3 Å². The molecule has 0 atom stereocenters. The van der Waals surface area contributed by atoms with Gasteiger partial charge in [-0.05, 0) is 57.1 Å². The molecule has 1 amide bonds. The number of hydrogen-bond donors (Lipinski definition) is 2. The molecule has 1 aliphatic rings. The summed E-state index contributed by atoms with van der Waals surface area (Å²) in [5.74, 6) is 0.114. The van der Waals surface area contributed by atoms with Crippen LogP contribution in [0, 0.1) is 6.92 Å². The van der Waals surface area contributed by atoms with Crippen molar-refractivity contribution in [3.63, 3.8) is 0 Å². The third-order valence-electron chi connectivity index (χ3n) is 3.61. The van der Waals surface area contributed by atoms with Gasteiger partial charge in [0.15, 0.2) is 0 Å². The zero-order valence-corrected chi connectivity index (χ0v) is 12.3. The second kappa shape index (κ2) is 8.02. The zero-order valence-electron chi connectivity index (χ0n) is 12.3. The molecule has 0 bridgehead atoms. The van der Waals surface area contributed by atoms with E-state index >= 15 is 0 Å². The van der Waals surface area contributed by atoms with E-state index in [4.69, 9.17) is 0 Å². The molecule has 110 valence electrons. The Labute approximate surface area is 121 Å². The Morgan fingerprint density at radius 3 is 3.10 bits per heavy atom. The van der Waals surface area contributed by atoms with Gasteiger partial charge in [-0.15, -0.1) is 0 Å². The van der Waals surface area contributed by atoms with Gasteiger partial charge in [0, 0.05) is 25.2 Å². The van der Waals surface area contributed by atoms with E-state index in [1.165, 1.54) is 12.0 Å². The summed E-state index contributed by atoms with van der Waals surface area (Å²) in [5.41, 5.74) is 2.06. The molecule has 2 N–H and O–H groups in total. The van der Waals surface area contributed by atoms with Crippen molar-refractivity contribution in [3.05, 3.63) is 29.8 Å². The van der Waals surface area contributed by atoms with Gasteiger partial charge in [-0.2, -0.15) is 0 Å². The maximum Gasteiger partial charge on any atom is 0.224 e. The molecule has 1 aromatic carbocycles. The number of amides is 1. The predicted octanol–water partition coefficient (Wildman–Crippen LogP) is 2.01. The van der Waals surface area contributed by atoms with Gasteiger partial charge >= 0.3 is 0 Å². The molecule has 4 nitrogen and oxygen atoms in total. The van der Waals surface area contributed by atoms with E-state index in [0.717, 1.165) is 44.8 Å². The lowest BCUT2D eigenvalue weighted by molar-refractivity contribution is -0.116. The molecular weight excluding hydrogens is 250 g/mol. The Morgan fingerprint density at radius 1 is 1.35 bits per heavy atom. The number of nitrogens with one attached hydrogen (secondary N) is 2. The van der Waals surface area contributed by atoms with Crippen LogP contribution in [0.3, 0.4) is 0 Å². The first-order chi connectivity index (χ1) is 9.74. The number of benzene rings is 1. The molecule has 0 saturated carbocycles. The third-order valence-corrected chi connectivity index (χ3v) is 3.61. The van der Waals surface area contributed by atoms with Crippen LogP contribution in [-0.2, 0) is 4.79 Å². The van der Waals surface area contributed by atoms with Gasteiger partial charge in [0.25, 0.3) is 0 Å². The highest BCUT2D eigenvalue weighted by Gasteiger charge is 2.09. The van der Waals surface area contributed by atoms with E-state index in [2.05, 4.69) is 15.5 Å². The fourth-order valence-corrected chi connectivity index (χ4v) is 2.53. The largest absolute Gasteiger partial charge is 0.326 e. The van der Waals surface area contributed by atoms with Crippen molar-refractivity contribution < 1.29 is 4.79 Å². The minimum atomic E-state index is 0.114. The molecule has 1 aromatic rings. The average molecular weight is 275 g/mol. The quantitative estimate of drug-likeness (QED) is 0.864. The van der Waals surface area contributed by atoms with Crippen molar-refractivity contribution in [1.29, 1.82) is 0 Å². The smallest absolute Gasteiger partial charge is 0.224 e. The van der Waals surface area contributed by atoms with E-state index in [9.17, 15) is 4.79 Å². The summed E-state index contributed by atoms with van der Waals surface area (Å²) < 4.78 is 0. The van der Waals surface area contributed by atoms with Gasteiger partial charge in [0.05, 0.1) is 0 Å². The first kappa shape index (κ1) is 15.0. The van der Waals surface area contributed by atoms with Gasteiger partial charge in [0.1, 0.15) is 0 Å². The minimum Gasteiger partial charge on any atom is -0.326 e. The molecule has 0 unspecified atom stereocenters. The number of nitrogens with zero attached hydrogens (tertiary/aromatic N) is 1. The van der Waals surface area contributed by atoms with Crippen LogP contribution >= 0.6 is 0 Å². The van der Waals surface area contributed by atoms with Crippen molar-refractivity contribution in [3.8, 4) is 0 Å². The Hall–Kier alpha value is -1.39. The fourth-order valence-electron chi connectivity index (χ4n) is 2.53. The highest BCUT2D eigenvalue weighted by molar-refractivity contribution is 5.90. The number of carbonyl (C=O) groups is 1. The lowest BCUT2D eigenvalue weighted by atomic mass is 10.2. The first-order valence-electron chi connectivity index (χ1n) is 7.53. The predicted molar refractivity (Wildman–Crippen MR) is 83.0 cm³/mol. The van der Waals surface area contributed by atoms with Gasteiger partial charge < -0.3 is 15.5 Å². The monoisotopic (exact) mass is 275 g/mol. The lowest BCUT2D eigenvalue weighted by Crippen LogP contribution is -2.29. The van der Waals surface area contributed by atoms with Crippen LogP contribution in [0.2, 0.25) is 0 Å². The molecular formula is C16H25N3O. The molecule has 4 heteroatoms. The normalized spacial score (nSPS) is 16.6. The summed E-state index contributed by atoms with van der Waals surface area (Å²) in [7, 11) is 0. The van der Waals surface area contributed by atoms with Crippen LogP contribution < -0.4 is 10.6 Å². The van der Waals surface area contributed by atoms with Crippen LogP contribution in [-0.4, -0.2) is 43.5 Å². The summed E-state index contributed by atoms with van der Waals surface area (Å²) in [6.45, 7) is 7.47. The molecule has 0 aliphatic carbocycles. The Balaban J connectivity index is 1.67.